The first-order valence-electron chi connectivity index (χ1n) is 8.30. The van der Waals surface area contributed by atoms with Crippen LogP contribution in [0.3, 0.4) is 0 Å². The Balaban J connectivity index is 1.58. The Labute approximate surface area is 132 Å². The molecule has 1 saturated carbocycles. The summed E-state index contributed by atoms with van der Waals surface area (Å²) in [6.07, 6.45) is 9.88. The lowest BCUT2D eigenvalue weighted by atomic mass is 9.95. The van der Waals surface area contributed by atoms with Gasteiger partial charge < -0.3 is 10.4 Å². The van der Waals surface area contributed by atoms with Crippen LogP contribution in [0.1, 0.15) is 37.7 Å². The molecule has 0 aliphatic heterocycles. The van der Waals surface area contributed by atoms with Gasteiger partial charge in [0.15, 0.2) is 0 Å². The van der Waals surface area contributed by atoms with Crippen molar-refractivity contribution < 1.29 is 5.11 Å². The highest BCUT2D eigenvalue weighted by atomic mass is 16.3. The largest absolute Gasteiger partial charge is 0.396 e. The molecular weight excluding hydrogens is 274 g/mol. The maximum absolute atomic E-state index is 9.58. The van der Waals surface area contributed by atoms with Crippen LogP contribution in [-0.2, 0) is 6.54 Å². The average Bonchev–Trinajstić information content (AvgIpc) is 3.00. The quantitative estimate of drug-likeness (QED) is 0.835. The third kappa shape index (κ3) is 3.76. The van der Waals surface area contributed by atoms with Crippen LogP contribution in [-0.4, -0.2) is 27.5 Å². The predicted molar refractivity (Wildman–Crippen MR) is 87.9 cm³/mol. The fraction of sp³-hybridized carbons (Fsp3) is 0.500. The van der Waals surface area contributed by atoms with E-state index in [1.165, 1.54) is 31.2 Å². The molecule has 0 spiro atoms. The molecule has 4 nitrogen and oxygen atoms in total. The predicted octanol–water partition coefficient (Wildman–Crippen LogP) is 2.90. The van der Waals surface area contributed by atoms with Crippen molar-refractivity contribution in [2.75, 3.05) is 6.61 Å². The first kappa shape index (κ1) is 15.3. The van der Waals surface area contributed by atoms with Crippen LogP contribution in [0.2, 0.25) is 0 Å². The number of rotatable bonds is 5. The van der Waals surface area contributed by atoms with Gasteiger partial charge in [-0.2, -0.15) is 5.10 Å². The first-order valence-corrected chi connectivity index (χ1v) is 8.30. The van der Waals surface area contributed by atoms with Gasteiger partial charge in [0.1, 0.15) is 0 Å². The molecule has 1 aromatic heterocycles. The van der Waals surface area contributed by atoms with E-state index < -0.39 is 0 Å². The molecule has 4 heteroatoms. The van der Waals surface area contributed by atoms with Crippen molar-refractivity contribution in [2.45, 2.75) is 44.7 Å². The molecule has 0 radical (unpaired) electrons. The molecule has 118 valence electrons. The minimum Gasteiger partial charge on any atom is -0.396 e. The Bertz CT molecular complexity index is 550. The summed E-state index contributed by atoms with van der Waals surface area (Å²) in [5.41, 5.74) is 2.35. The standard InChI is InChI=1S/C18H25N3O/c22-14-16-5-2-1-3-6-18(16)19-13-15-7-9-17(10-8-15)21-12-4-11-20-21/h4,7-12,16,18-19,22H,1-3,5-6,13-14H2/t16-,18+/m0/s1. The molecule has 0 amide bonds. The van der Waals surface area contributed by atoms with E-state index in [-0.39, 0.29) is 0 Å². The van der Waals surface area contributed by atoms with Crippen molar-refractivity contribution in [3.63, 3.8) is 0 Å². The lowest BCUT2D eigenvalue weighted by molar-refractivity contribution is 0.181. The fourth-order valence-electron chi connectivity index (χ4n) is 3.31. The number of hydrogen-bond donors (Lipinski definition) is 2. The van der Waals surface area contributed by atoms with Gasteiger partial charge in [-0.15, -0.1) is 0 Å². The van der Waals surface area contributed by atoms with Gasteiger partial charge >= 0.3 is 0 Å². The molecular formula is C18H25N3O. The second-order valence-corrected chi connectivity index (χ2v) is 6.19. The Morgan fingerprint density at radius 3 is 2.68 bits per heavy atom. The van der Waals surface area contributed by atoms with Crippen LogP contribution in [0.15, 0.2) is 42.7 Å². The van der Waals surface area contributed by atoms with Gasteiger partial charge in [-0.3, -0.25) is 0 Å². The summed E-state index contributed by atoms with van der Waals surface area (Å²) in [5, 5.41) is 17.5. The number of aliphatic hydroxyl groups excluding tert-OH is 1. The van der Waals surface area contributed by atoms with Crippen molar-refractivity contribution in [3.8, 4) is 5.69 Å². The lowest BCUT2D eigenvalue weighted by Crippen LogP contribution is -2.36. The smallest absolute Gasteiger partial charge is 0.0645 e. The number of benzene rings is 1. The normalized spacial score (nSPS) is 22.4. The summed E-state index contributed by atoms with van der Waals surface area (Å²) < 4.78 is 1.87. The van der Waals surface area contributed by atoms with Crippen molar-refractivity contribution in [1.29, 1.82) is 0 Å². The number of nitrogens with one attached hydrogen (secondary N) is 1. The van der Waals surface area contributed by atoms with E-state index in [0.717, 1.165) is 18.7 Å². The third-order valence-corrected chi connectivity index (χ3v) is 4.67. The monoisotopic (exact) mass is 299 g/mol. The van der Waals surface area contributed by atoms with Gasteiger partial charge in [0.05, 0.1) is 5.69 Å². The highest BCUT2D eigenvalue weighted by Gasteiger charge is 2.22. The molecule has 0 unspecified atom stereocenters. The molecule has 2 aromatic rings. The SMILES string of the molecule is OC[C@@H]1CCCCC[C@H]1NCc1ccc(-n2cccn2)cc1. The highest BCUT2D eigenvalue weighted by molar-refractivity contribution is 5.33. The summed E-state index contributed by atoms with van der Waals surface area (Å²) in [5.74, 6) is 0.408. The van der Waals surface area contributed by atoms with Gasteiger partial charge in [-0.1, -0.05) is 31.4 Å². The molecule has 1 aliphatic rings. The minimum atomic E-state index is 0.301. The lowest BCUT2D eigenvalue weighted by Gasteiger charge is -2.24. The van der Waals surface area contributed by atoms with Gasteiger partial charge in [-0.25, -0.2) is 4.68 Å². The number of aliphatic hydroxyl groups is 1. The second kappa shape index (κ2) is 7.56. The zero-order chi connectivity index (χ0) is 15.2. The Hall–Kier alpha value is -1.65. The summed E-state index contributed by atoms with van der Waals surface area (Å²) in [7, 11) is 0. The molecule has 2 atom stereocenters. The topological polar surface area (TPSA) is 50.1 Å². The maximum Gasteiger partial charge on any atom is 0.0645 e. The Kier molecular flexibility index (Phi) is 5.24. The number of aromatic nitrogens is 2. The summed E-state index contributed by atoms with van der Waals surface area (Å²) >= 11 is 0. The van der Waals surface area contributed by atoms with Crippen LogP contribution in [0.5, 0.6) is 0 Å². The number of hydrogen-bond acceptors (Lipinski definition) is 3. The van der Waals surface area contributed by atoms with E-state index in [2.05, 4.69) is 34.7 Å². The Morgan fingerprint density at radius 1 is 1.14 bits per heavy atom. The van der Waals surface area contributed by atoms with E-state index in [1.54, 1.807) is 6.20 Å². The molecule has 0 bridgehead atoms. The van der Waals surface area contributed by atoms with Gasteiger partial charge in [-0.05, 0) is 42.5 Å². The highest BCUT2D eigenvalue weighted by Crippen LogP contribution is 2.23. The van der Waals surface area contributed by atoms with Crippen molar-refractivity contribution >= 4 is 0 Å². The molecule has 1 aliphatic carbocycles. The van der Waals surface area contributed by atoms with Crippen molar-refractivity contribution in [3.05, 3.63) is 48.3 Å². The zero-order valence-corrected chi connectivity index (χ0v) is 13.0. The van der Waals surface area contributed by atoms with Gasteiger partial charge in [0, 0.05) is 31.6 Å². The van der Waals surface area contributed by atoms with Gasteiger partial charge in [0.2, 0.25) is 0 Å². The van der Waals surface area contributed by atoms with Gasteiger partial charge in [0.25, 0.3) is 0 Å². The molecule has 0 saturated heterocycles. The second-order valence-electron chi connectivity index (χ2n) is 6.19. The third-order valence-electron chi connectivity index (χ3n) is 4.67. The molecule has 22 heavy (non-hydrogen) atoms. The minimum absolute atomic E-state index is 0.301. The van der Waals surface area contributed by atoms with Crippen LogP contribution < -0.4 is 5.32 Å². The Morgan fingerprint density at radius 2 is 1.95 bits per heavy atom. The summed E-state index contributed by atoms with van der Waals surface area (Å²) in [6, 6.07) is 10.9. The van der Waals surface area contributed by atoms with Crippen LogP contribution in [0, 0.1) is 5.92 Å². The first-order chi connectivity index (χ1) is 10.9. The molecule has 3 rings (SSSR count). The molecule has 2 N–H and O–H groups in total. The van der Waals surface area contributed by atoms with E-state index in [4.69, 9.17) is 0 Å². The summed E-state index contributed by atoms with van der Waals surface area (Å²) in [4.78, 5) is 0. The summed E-state index contributed by atoms with van der Waals surface area (Å²) in [6.45, 7) is 1.16. The van der Waals surface area contributed by atoms with Crippen LogP contribution >= 0.6 is 0 Å². The van der Waals surface area contributed by atoms with Crippen LogP contribution in [0.25, 0.3) is 5.69 Å². The molecule has 1 aromatic carbocycles. The van der Waals surface area contributed by atoms with Crippen LogP contribution in [0.4, 0.5) is 0 Å². The number of nitrogens with zero attached hydrogens (tertiary/aromatic N) is 2. The van der Waals surface area contributed by atoms with E-state index >= 15 is 0 Å². The van der Waals surface area contributed by atoms with Crippen molar-refractivity contribution in [2.24, 2.45) is 5.92 Å². The van der Waals surface area contributed by atoms with E-state index in [0.29, 0.717) is 18.6 Å². The fourth-order valence-corrected chi connectivity index (χ4v) is 3.31. The van der Waals surface area contributed by atoms with Crippen molar-refractivity contribution in [1.82, 2.24) is 15.1 Å². The maximum atomic E-state index is 9.58. The van der Waals surface area contributed by atoms with E-state index in [9.17, 15) is 5.11 Å². The molecule has 1 fully saturated rings. The average molecular weight is 299 g/mol. The van der Waals surface area contributed by atoms with E-state index in [1.807, 2.05) is 16.9 Å². The molecule has 1 heterocycles. The zero-order valence-electron chi connectivity index (χ0n) is 13.0.